The van der Waals surface area contributed by atoms with Gasteiger partial charge in [0.25, 0.3) is 0 Å². The molecule has 3 aromatic rings. The number of aromatic nitrogens is 3. The van der Waals surface area contributed by atoms with Gasteiger partial charge in [0, 0.05) is 49.9 Å². The molecule has 0 bridgehead atoms. The van der Waals surface area contributed by atoms with Crippen LogP contribution in [0, 0.1) is 6.92 Å². The molecule has 0 unspecified atom stereocenters. The van der Waals surface area contributed by atoms with Crippen molar-refractivity contribution in [1.29, 1.82) is 0 Å². The Morgan fingerprint density at radius 2 is 1.90 bits per heavy atom. The Morgan fingerprint density at radius 3 is 2.59 bits per heavy atom. The zero-order valence-corrected chi connectivity index (χ0v) is 17.7. The molecule has 0 atom stereocenters. The molecule has 0 saturated carbocycles. The number of benzene rings is 1. The summed E-state index contributed by atoms with van der Waals surface area (Å²) >= 11 is 0. The molecule has 3 heterocycles. The number of rotatable bonds is 6. The van der Waals surface area contributed by atoms with Crippen molar-refractivity contribution in [3.05, 3.63) is 41.6 Å². The van der Waals surface area contributed by atoms with Crippen LogP contribution in [0.25, 0.3) is 10.8 Å². The highest BCUT2D eigenvalue weighted by atomic mass is 16.5. The maximum atomic E-state index is 6.02. The number of piperazine rings is 1. The van der Waals surface area contributed by atoms with Gasteiger partial charge in [-0.3, -0.25) is 10.00 Å². The lowest BCUT2D eigenvalue weighted by molar-refractivity contribution is 0.148. The number of pyridine rings is 1. The maximum Gasteiger partial charge on any atom is 0.223 e. The number of ether oxygens (including phenoxy) is 1. The third-order valence-electron chi connectivity index (χ3n) is 5.17. The van der Waals surface area contributed by atoms with E-state index in [4.69, 9.17) is 9.72 Å². The van der Waals surface area contributed by atoms with E-state index in [1.54, 1.807) is 0 Å². The fraction of sp³-hybridized carbons (Fsp3) is 0.455. The Labute approximate surface area is 172 Å². The maximum absolute atomic E-state index is 6.02. The molecular formula is C22H30N6O. The van der Waals surface area contributed by atoms with Crippen LogP contribution in [-0.2, 0) is 6.54 Å². The number of H-pyrrole nitrogens is 1. The van der Waals surface area contributed by atoms with Gasteiger partial charge in [0.1, 0.15) is 5.82 Å². The molecule has 1 saturated heterocycles. The van der Waals surface area contributed by atoms with E-state index < -0.39 is 0 Å². The first-order valence-corrected chi connectivity index (χ1v) is 10.3. The molecule has 1 aromatic carbocycles. The topological polar surface area (TPSA) is 69.3 Å². The van der Waals surface area contributed by atoms with Crippen molar-refractivity contribution in [2.45, 2.75) is 33.4 Å². The zero-order valence-electron chi connectivity index (χ0n) is 17.7. The van der Waals surface area contributed by atoms with Gasteiger partial charge < -0.3 is 15.0 Å². The fourth-order valence-corrected chi connectivity index (χ4v) is 3.63. The molecule has 1 aliphatic heterocycles. The second kappa shape index (κ2) is 8.39. The summed E-state index contributed by atoms with van der Waals surface area (Å²) in [6.45, 7) is 11.5. The molecule has 29 heavy (non-hydrogen) atoms. The number of aryl methyl sites for hydroxylation is 1. The largest absolute Gasteiger partial charge is 0.474 e. The molecule has 7 nitrogen and oxygen atoms in total. The molecule has 1 aliphatic rings. The van der Waals surface area contributed by atoms with Crippen molar-refractivity contribution in [1.82, 2.24) is 25.0 Å². The summed E-state index contributed by atoms with van der Waals surface area (Å²) in [4.78, 5) is 9.59. The molecule has 0 radical (unpaired) electrons. The Balaban J connectivity index is 1.63. The summed E-state index contributed by atoms with van der Waals surface area (Å²) in [5.74, 6) is 2.13. The number of fused-ring (bicyclic) bond motifs is 1. The molecule has 4 rings (SSSR count). The normalized spacial score (nSPS) is 15.9. The minimum atomic E-state index is 0.0543. The van der Waals surface area contributed by atoms with Crippen LogP contribution < -0.4 is 10.1 Å². The first-order chi connectivity index (χ1) is 14.0. The summed E-state index contributed by atoms with van der Waals surface area (Å²) < 4.78 is 6.02. The Bertz CT molecular complexity index is 975. The minimum Gasteiger partial charge on any atom is -0.474 e. The lowest BCUT2D eigenvalue weighted by atomic mass is 10.1. The van der Waals surface area contributed by atoms with Gasteiger partial charge >= 0.3 is 0 Å². The number of nitrogens with zero attached hydrogens (tertiary/aromatic N) is 4. The third-order valence-corrected chi connectivity index (χ3v) is 5.17. The van der Waals surface area contributed by atoms with Crippen LogP contribution in [-0.4, -0.2) is 64.3 Å². The monoisotopic (exact) mass is 394 g/mol. The van der Waals surface area contributed by atoms with Gasteiger partial charge in [-0.1, -0.05) is 6.07 Å². The van der Waals surface area contributed by atoms with E-state index in [0.29, 0.717) is 5.88 Å². The van der Waals surface area contributed by atoms with Gasteiger partial charge in [0.2, 0.25) is 5.88 Å². The van der Waals surface area contributed by atoms with Crippen molar-refractivity contribution in [3.63, 3.8) is 0 Å². The number of likely N-dealkylation sites (N-methyl/N-ethyl adjacent to an activating group) is 1. The van der Waals surface area contributed by atoms with Crippen LogP contribution in [0.5, 0.6) is 5.88 Å². The zero-order chi connectivity index (χ0) is 20.4. The van der Waals surface area contributed by atoms with Crippen LogP contribution in [0.1, 0.15) is 25.1 Å². The summed E-state index contributed by atoms with van der Waals surface area (Å²) in [6.07, 6.45) is 0.0543. The van der Waals surface area contributed by atoms with Gasteiger partial charge in [0.05, 0.1) is 6.10 Å². The Kier molecular flexibility index (Phi) is 5.69. The molecule has 0 amide bonds. The van der Waals surface area contributed by atoms with Crippen molar-refractivity contribution in [2.75, 3.05) is 38.5 Å². The quantitative estimate of drug-likeness (QED) is 0.666. The van der Waals surface area contributed by atoms with Crippen LogP contribution in [0.4, 0.5) is 11.6 Å². The van der Waals surface area contributed by atoms with Crippen LogP contribution in [0.15, 0.2) is 30.3 Å². The van der Waals surface area contributed by atoms with E-state index in [2.05, 4.69) is 56.6 Å². The predicted octanol–water partition coefficient (Wildman–Crippen LogP) is 3.54. The van der Waals surface area contributed by atoms with E-state index in [1.807, 2.05) is 26.8 Å². The van der Waals surface area contributed by atoms with Crippen molar-refractivity contribution in [3.8, 4) is 5.88 Å². The molecular weight excluding hydrogens is 364 g/mol. The van der Waals surface area contributed by atoms with Gasteiger partial charge in [-0.05, 0) is 57.0 Å². The Hall–Kier alpha value is -2.64. The molecule has 1 fully saturated rings. The predicted molar refractivity (Wildman–Crippen MR) is 117 cm³/mol. The fourth-order valence-electron chi connectivity index (χ4n) is 3.63. The van der Waals surface area contributed by atoms with Crippen LogP contribution in [0.2, 0.25) is 0 Å². The highest BCUT2D eigenvalue weighted by Gasteiger charge is 2.15. The van der Waals surface area contributed by atoms with E-state index in [9.17, 15) is 0 Å². The van der Waals surface area contributed by atoms with Gasteiger partial charge in [-0.15, -0.1) is 0 Å². The molecule has 0 aliphatic carbocycles. The Morgan fingerprint density at radius 1 is 1.10 bits per heavy atom. The first-order valence-electron chi connectivity index (χ1n) is 10.3. The standard InChI is InChI=1S/C22H30N6O/c1-15(2)29-22-19-6-5-17(14-28-9-7-27(4)8-10-28)12-18(19)13-20(24-22)23-21-11-16(3)25-26-21/h5-6,11-13,15H,7-10,14H2,1-4H3,(H2,23,24,25,26). The molecule has 2 aromatic heterocycles. The first kappa shape index (κ1) is 19.7. The second-order valence-electron chi connectivity index (χ2n) is 8.18. The SMILES string of the molecule is Cc1cc(Nc2cc3cc(CN4CCN(C)CC4)ccc3c(OC(C)C)n2)n[nH]1. The highest BCUT2D eigenvalue weighted by Crippen LogP contribution is 2.30. The number of anilines is 2. The minimum absolute atomic E-state index is 0.0543. The summed E-state index contributed by atoms with van der Waals surface area (Å²) in [6, 6.07) is 10.6. The lowest BCUT2D eigenvalue weighted by Gasteiger charge is -2.32. The van der Waals surface area contributed by atoms with Gasteiger partial charge in [0.15, 0.2) is 5.82 Å². The van der Waals surface area contributed by atoms with Crippen molar-refractivity contribution in [2.24, 2.45) is 0 Å². The average Bonchev–Trinajstić information content (AvgIpc) is 3.07. The summed E-state index contributed by atoms with van der Waals surface area (Å²) in [5, 5.41) is 12.6. The number of nitrogens with one attached hydrogen (secondary N) is 2. The molecule has 0 spiro atoms. The summed E-state index contributed by atoms with van der Waals surface area (Å²) in [5.41, 5.74) is 2.31. The number of hydrogen-bond donors (Lipinski definition) is 2. The van der Waals surface area contributed by atoms with Crippen LogP contribution >= 0.6 is 0 Å². The lowest BCUT2D eigenvalue weighted by Crippen LogP contribution is -2.43. The van der Waals surface area contributed by atoms with E-state index in [1.165, 1.54) is 5.56 Å². The molecule has 2 N–H and O–H groups in total. The summed E-state index contributed by atoms with van der Waals surface area (Å²) in [7, 11) is 2.19. The van der Waals surface area contributed by atoms with E-state index >= 15 is 0 Å². The van der Waals surface area contributed by atoms with E-state index in [0.717, 1.165) is 60.8 Å². The molecule has 154 valence electrons. The van der Waals surface area contributed by atoms with Crippen molar-refractivity contribution < 1.29 is 4.74 Å². The van der Waals surface area contributed by atoms with E-state index in [-0.39, 0.29) is 6.10 Å². The average molecular weight is 395 g/mol. The third kappa shape index (κ3) is 4.86. The van der Waals surface area contributed by atoms with Crippen LogP contribution in [0.3, 0.4) is 0 Å². The van der Waals surface area contributed by atoms with Gasteiger partial charge in [-0.25, -0.2) is 0 Å². The number of hydrogen-bond acceptors (Lipinski definition) is 6. The van der Waals surface area contributed by atoms with Crippen molar-refractivity contribution >= 4 is 22.4 Å². The highest BCUT2D eigenvalue weighted by molar-refractivity contribution is 5.90. The molecule has 7 heteroatoms. The number of aromatic amines is 1. The van der Waals surface area contributed by atoms with Gasteiger partial charge in [-0.2, -0.15) is 10.1 Å². The smallest absolute Gasteiger partial charge is 0.223 e. The second-order valence-corrected chi connectivity index (χ2v) is 8.18.